The number of furan rings is 1. The lowest BCUT2D eigenvalue weighted by atomic mass is 9.53. The van der Waals surface area contributed by atoms with Crippen LogP contribution in [0.15, 0.2) is 374 Å². The smallest absolute Gasteiger partial charge is 0.164 e. The Labute approximate surface area is 832 Å². The van der Waals surface area contributed by atoms with E-state index in [1.807, 2.05) is 48.5 Å². The van der Waals surface area contributed by atoms with Gasteiger partial charge in [0.2, 0.25) is 0 Å². The van der Waals surface area contributed by atoms with Crippen molar-refractivity contribution in [1.29, 1.82) is 0 Å². The minimum atomic E-state index is -0.184. The fourth-order valence-electron chi connectivity index (χ4n) is 26.1. The summed E-state index contributed by atoms with van der Waals surface area (Å²) in [6.07, 6.45) is 0. The maximum absolute atomic E-state index is 6.35. The molecule has 7 aliphatic carbocycles. The van der Waals surface area contributed by atoms with Crippen molar-refractivity contribution in [2.45, 2.75) is 193 Å². The fourth-order valence-corrected chi connectivity index (χ4v) is 26.1. The Morgan fingerprint density at radius 3 is 0.929 bits per heavy atom. The Balaban J connectivity index is 0.000000115. The van der Waals surface area contributed by atoms with Gasteiger partial charge in [0.15, 0.2) is 17.5 Å². The quantitative estimate of drug-likeness (QED) is 0.144. The monoisotopic (exact) mass is 1830 g/mol. The second-order valence-electron chi connectivity index (χ2n) is 45.8. The van der Waals surface area contributed by atoms with Crippen molar-refractivity contribution in [3.05, 3.63) is 448 Å². The van der Waals surface area contributed by atoms with Gasteiger partial charge in [-0.3, -0.25) is 0 Å². The summed E-state index contributed by atoms with van der Waals surface area (Å²) < 4.78 is 6.35. The second-order valence-corrected chi connectivity index (χ2v) is 45.8. The zero-order valence-electron chi connectivity index (χ0n) is 84.9. The van der Waals surface area contributed by atoms with Gasteiger partial charge in [-0.1, -0.05) is 418 Å². The fraction of sp³-hybridized carbons (Fsp3) is 0.222. The molecule has 0 bridgehead atoms. The first-order chi connectivity index (χ1) is 67.5. The summed E-state index contributed by atoms with van der Waals surface area (Å²) in [6, 6.07) is 135. The first kappa shape index (κ1) is 88.8. The van der Waals surface area contributed by atoms with Crippen LogP contribution in [0.3, 0.4) is 0 Å². The van der Waals surface area contributed by atoms with Crippen LogP contribution >= 0.6 is 0 Å². The van der Waals surface area contributed by atoms with E-state index in [9.17, 15) is 0 Å². The molecule has 0 unspecified atom stereocenters. The molecule has 0 aliphatic heterocycles. The topological polar surface area (TPSA) is 58.3 Å². The number of anilines is 6. The number of aromatic nitrogens is 3. The van der Waals surface area contributed by atoms with E-state index in [0.29, 0.717) is 17.5 Å². The highest BCUT2D eigenvalue weighted by atomic mass is 16.3. The number of rotatable bonds is 9. The maximum Gasteiger partial charge on any atom is 0.164 e. The van der Waals surface area contributed by atoms with E-state index in [1.165, 1.54) is 173 Å². The molecule has 17 aromatic carbocycles. The number of hydrogen-bond acceptors (Lipinski definition) is 6. The Morgan fingerprint density at radius 2 is 0.475 bits per heavy atom. The number of benzene rings is 17. The number of hydrogen-bond donors (Lipinski definition) is 0. The third kappa shape index (κ3) is 12.9. The molecule has 2 aromatic heterocycles. The minimum Gasteiger partial charge on any atom is -0.456 e. The zero-order chi connectivity index (χ0) is 97.5. The molecule has 0 N–H and O–H groups in total. The van der Waals surface area contributed by atoms with Crippen LogP contribution in [0.1, 0.15) is 216 Å². The average Bonchev–Trinajstić information content (AvgIpc) is 1.49. The van der Waals surface area contributed by atoms with E-state index >= 15 is 0 Å². The summed E-state index contributed by atoms with van der Waals surface area (Å²) in [5, 5.41) is 2.29. The van der Waals surface area contributed by atoms with Gasteiger partial charge in [-0.25, -0.2) is 15.0 Å². The van der Waals surface area contributed by atoms with Crippen LogP contribution < -0.4 is 9.80 Å². The van der Waals surface area contributed by atoms with E-state index < -0.39 is 0 Å². The average molecular weight is 1830 g/mol. The third-order valence-electron chi connectivity index (χ3n) is 35.6. The Morgan fingerprint density at radius 1 is 0.177 bits per heavy atom. The predicted octanol–water partition coefficient (Wildman–Crippen LogP) is 36.0. The zero-order valence-corrected chi connectivity index (χ0v) is 84.9. The molecule has 0 amide bonds. The highest BCUT2D eigenvalue weighted by Gasteiger charge is 2.55. The van der Waals surface area contributed by atoms with Gasteiger partial charge < -0.3 is 14.2 Å². The molecule has 6 nitrogen and oxygen atoms in total. The van der Waals surface area contributed by atoms with Gasteiger partial charge in [-0.15, -0.1) is 0 Å². The van der Waals surface area contributed by atoms with Gasteiger partial charge >= 0.3 is 0 Å². The summed E-state index contributed by atoms with van der Waals surface area (Å²) >= 11 is 0. The molecule has 6 heteroatoms. The van der Waals surface area contributed by atoms with Crippen LogP contribution in [0.5, 0.6) is 0 Å². The van der Waals surface area contributed by atoms with Crippen molar-refractivity contribution in [3.63, 3.8) is 0 Å². The van der Waals surface area contributed by atoms with Gasteiger partial charge in [0, 0.05) is 94.7 Å². The first-order valence-corrected chi connectivity index (χ1v) is 50.5. The number of fused-ring (bicyclic) bond motifs is 27. The maximum atomic E-state index is 6.35. The van der Waals surface area contributed by atoms with Crippen molar-refractivity contribution in [3.8, 4) is 112 Å². The second kappa shape index (κ2) is 31.3. The molecular weight excluding hydrogens is 1710 g/mol. The molecule has 692 valence electrons. The molecule has 2 heterocycles. The van der Waals surface area contributed by atoms with Crippen molar-refractivity contribution in [2.24, 2.45) is 0 Å². The summed E-state index contributed by atoms with van der Waals surface area (Å²) in [4.78, 5) is 19.8. The van der Waals surface area contributed by atoms with Crippen LogP contribution in [-0.2, 0) is 54.1 Å². The van der Waals surface area contributed by atoms with Crippen molar-refractivity contribution in [2.75, 3.05) is 9.80 Å². The van der Waals surface area contributed by atoms with Gasteiger partial charge in [0.25, 0.3) is 0 Å². The van der Waals surface area contributed by atoms with Crippen molar-refractivity contribution < 1.29 is 4.42 Å². The number of para-hydroxylation sites is 3. The highest BCUT2D eigenvalue weighted by molar-refractivity contribution is 6.07. The predicted molar refractivity (Wildman–Crippen MR) is 590 cm³/mol. The minimum absolute atomic E-state index is 0.0210. The highest BCUT2D eigenvalue weighted by Crippen LogP contribution is 2.67. The Bertz CT molecular complexity index is 8340. The molecule has 141 heavy (non-hydrogen) atoms. The molecular formula is C135H121N5O. The molecule has 0 spiro atoms. The standard InChI is InChI=1S/C48H45N.C45H39NO.C42H37N3/c1-45(2)39-20-14-12-18-33(39)35-24-22-31(28-41(35)45)49(30-16-10-9-11-17-30)32-23-25-36-37-26-27-38-34-19-13-15-21-40(34)47(5,6)48(7,8)44(38)43(37)46(3,4)42(36)29-32;1-43(2)38-26-29(46(28-14-8-7-9-15-28)30-21-23-34-33-17-11-13-19-39(33)47-40(34)27-30)20-22-32(38)35-24-25-36-31-16-10-12-18-37(31)44(3,4)45(5,6)42(36)41(35)43;1-40(2)33-24-23-30-29-19-13-14-20-32(29)41(3,4)42(5,6)36(30)35(33)31-22-21-28(25-34(31)40)39-44-37(26-15-9-7-10-16-26)43-38(45-39)27-17-11-8-12-18-27/h9-29H,1-8H3;7-27H,1-6H3;7-25H,1-6H3. The molecule has 0 atom stereocenters. The van der Waals surface area contributed by atoms with Crippen molar-refractivity contribution in [1.82, 2.24) is 15.0 Å². The summed E-state index contributed by atoms with van der Waals surface area (Å²) in [5.74, 6) is 2.05. The molecule has 0 radical (unpaired) electrons. The molecule has 0 saturated carbocycles. The Kier molecular flexibility index (Phi) is 19.7. The van der Waals surface area contributed by atoms with Crippen LogP contribution in [0, 0.1) is 0 Å². The van der Waals surface area contributed by atoms with Crippen molar-refractivity contribution >= 4 is 56.1 Å². The molecule has 0 fully saturated rings. The van der Waals surface area contributed by atoms with E-state index in [0.717, 1.165) is 55.7 Å². The summed E-state index contributed by atoms with van der Waals surface area (Å²) in [6.45, 7) is 48.5. The summed E-state index contributed by atoms with van der Waals surface area (Å²) in [7, 11) is 0. The van der Waals surface area contributed by atoms with E-state index in [4.69, 9.17) is 19.4 Å². The lowest BCUT2D eigenvalue weighted by Crippen LogP contribution is -2.45. The van der Waals surface area contributed by atoms with Crippen LogP contribution in [0.25, 0.3) is 134 Å². The molecule has 0 saturated heterocycles. The third-order valence-corrected chi connectivity index (χ3v) is 35.6. The van der Waals surface area contributed by atoms with Gasteiger partial charge in [-0.2, -0.15) is 0 Å². The Hall–Kier alpha value is -14.9. The van der Waals surface area contributed by atoms with Crippen LogP contribution in [0.4, 0.5) is 34.1 Å². The van der Waals surface area contributed by atoms with Crippen LogP contribution in [-0.4, -0.2) is 15.0 Å². The largest absolute Gasteiger partial charge is 0.456 e. The molecule has 26 rings (SSSR count). The lowest BCUT2D eigenvalue weighted by molar-refractivity contribution is 0.295. The first-order valence-electron chi connectivity index (χ1n) is 50.5. The van der Waals surface area contributed by atoms with Gasteiger partial charge in [0.1, 0.15) is 11.2 Å². The SMILES string of the molecule is CC1(C)c2cc(-c3nc(-c4ccccc4)nc(-c4ccccc4)n3)ccc2-c2c1ccc1c2C(C)(C)C(C)(C)c2ccccc2-1.CC1(C)c2cc(N(c3ccccc3)c3ccc4c(c3)oc3ccccc34)ccc2-c2ccc3c(c21)C(C)(C)C(C)(C)c1ccccc1-3.CC1(C)c2ccccc2-c2ccc(N(c3ccccc3)c3ccc4c(c3)C(C)(C)c3c-4ccc4c3C(C)(C)C(C)(C)c3ccccc3-4)cc21. The van der Waals surface area contributed by atoms with E-state index in [1.54, 1.807) is 0 Å². The summed E-state index contributed by atoms with van der Waals surface area (Å²) in [5.41, 5.74) is 49.9. The van der Waals surface area contributed by atoms with E-state index in [-0.39, 0.29) is 54.1 Å². The molecule has 19 aromatic rings. The molecule has 7 aliphatic rings. The number of nitrogens with zero attached hydrogens (tertiary/aromatic N) is 5. The normalized spacial score (nSPS) is 16.8. The van der Waals surface area contributed by atoms with E-state index in [2.05, 4.69) is 470 Å². The van der Waals surface area contributed by atoms with Gasteiger partial charge in [-0.05, 0) is 268 Å². The van der Waals surface area contributed by atoms with Gasteiger partial charge in [0.05, 0.1) is 0 Å². The lowest BCUT2D eigenvalue weighted by Gasteiger charge is -2.50. The van der Waals surface area contributed by atoms with Crippen LogP contribution in [0.2, 0.25) is 0 Å².